The first-order chi connectivity index (χ1) is 7.74. The van der Waals surface area contributed by atoms with Crippen molar-refractivity contribution < 1.29 is 9.31 Å². The predicted molar refractivity (Wildman–Crippen MR) is 69.6 cm³/mol. The van der Waals surface area contributed by atoms with Gasteiger partial charge in [0.1, 0.15) is 0 Å². The Morgan fingerprint density at radius 1 is 1.12 bits per heavy atom. The third-order valence-corrected chi connectivity index (χ3v) is 4.41. The molecule has 0 aromatic carbocycles. The Morgan fingerprint density at radius 2 is 1.65 bits per heavy atom. The molecule has 0 aromatic rings. The number of hydrazine groups is 1. The molecule has 17 heavy (non-hydrogen) atoms. The fraction of sp³-hybridized carbons (Fsp3) is 1.00. The normalized spacial score (nSPS) is 35.8. The minimum absolute atomic E-state index is 0.116. The Bertz CT molecular complexity index is 278. The maximum atomic E-state index is 6.13. The first-order valence-electron chi connectivity index (χ1n) is 6.58. The zero-order chi connectivity index (χ0) is 12.8. The monoisotopic (exact) mass is 240 g/mol. The van der Waals surface area contributed by atoms with Crippen LogP contribution in [0.4, 0.5) is 0 Å². The SMILES string of the molecule is CC(C)C1NNCC1B1OC(C)(C)C(C)(C)O1. The van der Waals surface area contributed by atoms with Crippen LogP contribution in [0, 0.1) is 5.92 Å². The summed E-state index contributed by atoms with van der Waals surface area (Å²) in [4.78, 5) is 0. The van der Waals surface area contributed by atoms with Crippen molar-refractivity contribution in [3.63, 3.8) is 0 Å². The molecule has 0 bridgehead atoms. The largest absolute Gasteiger partial charge is 0.464 e. The van der Waals surface area contributed by atoms with Crippen LogP contribution in [-0.4, -0.2) is 30.9 Å². The van der Waals surface area contributed by atoms with E-state index in [4.69, 9.17) is 9.31 Å². The Balaban J connectivity index is 2.10. The average molecular weight is 240 g/mol. The molecule has 2 atom stereocenters. The number of hydrogen-bond acceptors (Lipinski definition) is 4. The lowest BCUT2D eigenvalue weighted by Crippen LogP contribution is -2.41. The van der Waals surface area contributed by atoms with E-state index in [0.717, 1.165) is 6.54 Å². The maximum Gasteiger partial charge on any atom is 0.464 e. The molecule has 2 heterocycles. The second kappa shape index (κ2) is 4.23. The van der Waals surface area contributed by atoms with Gasteiger partial charge in [0.15, 0.2) is 0 Å². The van der Waals surface area contributed by atoms with Gasteiger partial charge in [0.25, 0.3) is 0 Å². The zero-order valence-corrected chi connectivity index (χ0v) is 11.8. The van der Waals surface area contributed by atoms with E-state index in [1.165, 1.54) is 0 Å². The number of rotatable bonds is 2. The molecule has 0 amide bonds. The molecule has 2 saturated heterocycles. The quantitative estimate of drug-likeness (QED) is 0.719. The summed E-state index contributed by atoms with van der Waals surface area (Å²) < 4.78 is 12.3. The van der Waals surface area contributed by atoms with Crippen molar-refractivity contribution in [1.29, 1.82) is 0 Å². The molecule has 0 saturated carbocycles. The van der Waals surface area contributed by atoms with E-state index in [1.807, 2.05) is 0 Å². The molecule has 0 aromatic heterocycles. The van der Waals surface area contributed by atoms with Crippen LogP contribution in [0.3, 0.4) is 0 Å². The molecule has 0 spiro atoms. The van der Waals surface area contributed by atoms with Crippen molar-refractivity contribution >= 4 is 7.12 Å². The number of nitrogens with one attached hydrogen (secondary N) is 2. The van der Waals surface area contributed by atoms with Crippen molar-refractivity contribution in [1.82, 2.24) is 10.9 Å². The molecule has 98 valence electrons. The number of hydrogen-bond donors (Lipinski definition) is 2. The zero-order valence-electron chi connectivity index (χ0n) is 11.8. The fourth-order valence-corrected chi connectivity index (χ4v) is 2.52. The molecule has 5 heteroatoms. The fourth-order valence-electron chi connectivity index (χ4n) is 2.52. The van der Waals surface area contributed by atoms with Crippen LogP contribution in [0.5, 0.6) is 0 Å². The van der Waals surface area contributed by atoms with E-state index in [-0.39, 0.29) is 18.3 Å². The molecule has 2 unspecified atom stereocenters. The van der Waals surface area contributed by atoms with E-state index >= 15 is 0 Å². The minimum atomic E-state index is -0.234. The van der Waals surface area contributed by atoms with Crippen molar-refractivity contribution in [2.75, 3.05) is 6.54 Å². The smallest absolute Gasteiger partial charge is 0.403 e. The summed E-state index contributed by atoms with van der Waals surface area (Å²) in [5.41, 5.74) is 6.08. The van der Waals surface area contributed by atoms with Gasteiger partial charge in [0.2, 0.25) is 0 Å². The molecular formula is C12H25BN2O2. The first kappa shape index (κ1) is 13.3. The van der Waals surface area contributed by atoms with E-state index in [1.54, 1.807) is 0 Å². The Labute approximate surface area is 105 Å². The topological polar surface area (TPSA) is 42.5 Å². The summed E-state index contributed by atoms with van der Waals surface area (Å²) >= 11 is 0. The lowest BCUT2D eigenvalue weighted by Gasteiger charge is -2.32. The van der Waals surface area contributed by atoms with Crippen molar-refractivity contribution in [3.05, 3.63) is 0 Å². The lowest BCUT2D eigenvalue weighted by atomic mass is 9.66. The van der Waals surface area contributed by atoms with Crippen LogP contribution < -0.4 is 10.9 Å². The maximum absolute atomic E-state index is 6.13. The van der Waals surface area contributed by atoms with E-state index in [9.17, 15) is 0 Å². The second-order valence-electron chi connectivity index (χ2n) is 6.58. The van der Waals surface area contributed by atoms with Crippen LogP contribution in [0.1, 0.15) is 41.5 Å². The summed E-state index contributed by atoms with van der Waals surface area (Å²) in [5, 5.41) is 0. The van der Waals surface area contributed by atoms with Crippen LogP contribution in [0.15, 0.2) is 0 Å². The van der Waals surface area contributed by atoms with Gasteiger partial charge >= 0.3 is 7.12 Å². The van der Waals surface area contributed by atoms with E-state index in [2.05, 4.69) is 52.4 Å². The molecule has 0 radical (unpaired) electrons. The molecule has 0 aliphatic carbocycles. The van der Waals surface area contributed by atoms with E-state index < -0.39 is 0 Å². The summed E-state index contributed by atoms with van der Waals surface area (Å²) in [6.07, 6.45) is 0. The highest BCUT2D eigenvalue weighted by atomic mass is 16.7. The van der Waals surface area contributed by atoms with Gasteiger partial charge in [-0.3, -0.25) is 10.9 Å². The van der Waals surface area contributed by atoms with Crippen molar-refractivity contribution in [2.24, 2.45) is 5.92 Å². The summed E-state index contributed by atoms with van der Waals surface area (Å²) in [5.74, 6) is 0.935. The molecule has 2 rings (SSSR count). The van der Waals surface area contributed by atoms with Gasteiger partial charge in [-0.05, 0) is 33.6 Å². The van der Waals surface area contributed by atoms with Crippen molar-refractivity contribution in [2.45, 2.75) is 64.6 Å². The average Bonchev–Trinajstić information content (AvgIpc) is 2.69. The highest BCUT2D eigenvalue weighted by Gasteiger charge is 2.56. The molecule has 2 N–H and O–H groups in total. The first-order valence-corrected chi connectivity index (χ1v) is 6.58. The van der Waals surface area contributed by atoms with Crippen LogP contribution in [-0.2, 0) is 9.31 Å². The lowest BCUT2D eigenvalue weighted by molar-refractivity contribution is 0.00578. The third-order valence-electron chi connectivity index (χ3n) is 4.41. The van der Waals surface area contributed by atoms with Gasteiger partial charge < -0.3 is 9.31 Å². The molecule has 4 nitrogen and oxygen atoms in total. The van der Waals surface area contributed by atoms with Gasteiger partial charge in [-0.1, -0.05) is 13.8 Å². The van der Waals surface area contributed by atoms with Crippen molar-refractivity contribution in [3.8, 4) is 0 Å². The van der Waals surface area contributed by atoms with Crippen LogP contribution in [0.2, 0.25) is 5.82 Å². The van der Waals surface area contributed by atoms with E-state index in [0.29, 0.717) is 17.8 Å². The minimum Gasteiger partial charge on any atom is -0.403 e. The Kier molecular flexibility index (Phi) is 3.32. The molecule has 2 aliphatic rings. The predicted octanol–water partition coefficient (Wildman–Crippen LogP) is 1.58. The highest BCUT2D eigenvalue weighted by Crippen LogP contribution is 2.41. The highest BCUT2D eigenvalue weighted by molar-refractivity contribution is 6.48. The standard InChI is InChI=1S/C12H25BN2O2/c1-8(2)10-9(7-14-15-10)13-16-11(3,4)12(5,6)17-13/h8-10,14-15H,7H2,1-6H3. The summed E-state index contributed by atoms with van der Waals surface area (Å²) in [6.45, 7) is 13.8. The molecule has 2 aliphatic heterocycles. The summed E-state index contributed by atoms with van der Waals surface area (Å²) in [6, 6.07) is 0.407. The third kappa shape index (κ3) is 2.26. The Hall–Kier alpha value is -0.0951. The van der Waals surface area contributed by atoms with Crippen LogP contribution >= 0.6 is 0 Å². The van der Waals surface area contributed by atoms with Gasteiger partial charge in [-0.15, -0.1) is 0 Å². The van der Waals surface area contributed by atoms with Gasteiger partial charge in [0.05, 0.1) is 11.2 Å². The summed E-state index contributed by atoms with van der Waals surface area (Å²) in [7, 11) is -0.116. The van der Waals surface area contributed by atoms with Gasteiger partial charge in [-0.2, -0.15) is 0 Å². The Morgan fingerprint density at radius 3 is 2.12 bits per heavy atom. The van der Waals surface area contributed by atoms with Gasteiger partial charge in [-0.25, -0.2) is 0 Å². The van der Waals surface area contributed by atoms with Crippen LogP contribution in [0.25, 0.3) is 0 Å². The molecule has 2 fully saturated rings. The molecular weight excluding hydrogens is 215 g/mol. The van der Waals surface area contributed by atoms with Gasteiger partial charge in [0, 0.05) is 18.4 Å². The second-order valence-corrected chi connectivity index (χ2v) is 6.58.